The molecule has 4 aromatic rings. The van der Waals surface area contributed by atoms with Crippen LogP contribution in [0.2, 0.25) is 10.0 Å². The fourth-order valence-corrected chi connectivity index (χ4v) is 13.5. The molecule has 0 bridgehead atoms. The molecule has 2 saturated carbocycles. The molecule has 390 valence electrons. The Balaban J connectivity index is 0.746. The van der Waals surface area contributed by atoms with Crippen molar-refractivity contribution in [2.24, 2.45) is 0 Å². The standard InChI is InChI=1S/C54H70Cl2N6O8S2/c55-46-22-14-20-44(40-46)51(42-16-6-3-7-17-42)60-35-31-58(32-36-60)29-11-1-2-13-39-71(65,66)62(49-27-28-49)70-54(64)53(63)69-50(72(67,68)57-48-25-26-48)24-10-5-12-30-59-33-37-61(38-34-59)52(43-18-8-4-9-19-43)45-21-15-23-47(56)41-45/h3-4,6-9,14-23,40-41,48-52,57H,1-2,5,10-13,24-39H2. The number of halogens is 2. The second kappa shape index (κ2) is 26.0. The molecule has 18 heteroatoms. The van der Waals surface area contributed by atoms with Crippen molar-refractivity contribution < 1.29 is 36.0 Å². The molecule has 3 unspecified atom stereocenters. The predicted octanol–water partition coefficient (Wildman–Crippen LogP) is 8.43. The highest BCUT2D eigenvalue weighted by atomic mass is 35.5. The quantitative estimate of drug-likeness (QED) is 0.0279. The minimum Gasteiger partial charge on any atom is -0.436 e. The molecular weight excluding hydrogens is 996 g/mol. The van der Waals surface area contributed by atoms with Crippen LogP contribution in [-0.4, -0.2) is 142 Å². The van der Waals surface area contributed by atoms with Crippen LogP contribution < -0.4 is 4.72 Å². The van der Waals surface area contributed by atoms with E-state index < -0.39 is 43.5 Å². The van der Waals surface area contributed by atoms with E-state index in [9.17, 15) is 26.4 Å². The number of carbonyl (C=O) groups excluding carboxylic acids is 2. The van der Waals surface area contributed by atoms with Crippen LogP contribution in [0.25, 0.3) is 0 Å². The van der Waals surface area contributed by atoms with Gasteiger partial charge < -0.3 is 19.4 Å². The SMILES string of the molecule is O=C(OC(CCCCCN1CCN(C(c2ccccc2)c2cccc(Cl)c2)CC1)S(=O)(=O)NC1CC1)C(=O)ON(C1CC1)S(=O)(=O)CCCCCCN1CCN(C(c2ccccc2)c2cccc(Cl)c2)CC1. The van der Waals surface area contributed by atoms with Gasteiger partial charge in [-0.05, 0) is 115 Å². The van der Waals surface area contributed by atoms with E-state index in [4.69, 9.17) is 32.8 Å². The average Bonchev–Trinajstić information content (AvgIpc) is 4.33. The molecule has 0 radical (unpaired) electrons. The molecular formula is C54H70Cl2N6O8S2. The van der Waals surface area contributed by atoms with Gasteiger partial charge in [-0.1, -0.05) is 127 Å². The number of benzene rings is 4. The summed E-state index contributed by atoms with van der Waals surface area (Å²) in [6, 6.07) is 36.4. The van der Waals surface area contributed by atoms with Crippen molar-refractivity contribution in [3.05, 3.63) is 141 Å². The maximum absolute atomic E-state index is 13.5. The largest absolute Gasteiger partial charge is 0.437 e. The first-order chi connectivity index (χ1) is 34.8. The Morgan fingerprint density at radius 3 is 1.51 bits per heavy atom. The van der Waals surface area contributed by atoms with E-state index in [0.29, 0.717) is 60.9 Å². The zero-order chi connectivity index (χ0) is 50.5. The highest BCUT2D eigenvalue weighted by molar-refractivity contribution is 7.90. The van der Waals surface area contributed by atoms with Gasteiger partial charge in [0.25, 0.3) is 0 Å². The lowest BCUT2D eigenvalue weighted by molar-refractivity contribution is -0.186. The van der Waals surface area contributed by atoms with Crippen LogP contribution in [-0.2, 0) is 39.2 Å². The number of hydrogen-bond donors (Lipinski definition) is 1. The molecule has 0 amide bonds. The van der Waals surface area contributed by atoms with Crippen LogP contribution >= 0.6 is 23.2 Å². The van der Waals surface area contributed by atoms with Gasteiger partial charge in [-0.15, -0.1) is 0 Å². The van der Waals surface area contributed by atoms with E-state index in [0.717, 1.165) is 95.3 Å². The molecule has 2 saturated heterocycles. The molecule has 2 aliphatic carbocycles. The summed E-state index contributed by atoms with van der Waals surface area (Å²) < 4.78 is 62.4. The maximum Gasteiger partial charge on any atom is 0.437 e. The Labute approximate surface area is 437 Å². The van der Waals surface area contributed by atoms with Gasteiger partial charge in [-0.25, -0.2) is 31.1 Å². The van der Waals surface area contributed by atoms with Gasteiger partial charge in [0.15, 0.2) is 0 Å². The molecule has 4 aromatic carbocycles. The summed E-state index contributed by atoms with van der Waals surface area (Å²) in [6.07, 6.45) is 7.00. The number of hydroxylamine groups is 1. The minimum absolute atomic E-state index is 0.0210. The van der Waals surface area contributed by atoms with E-state index in [2.05, 4.69) is 85.0 Å². The van der Waals surface area contributed by atoms with Crippen molar-refractivity contribution >= 4 is 55.2 Å². The molecule has 4 aliphatic rings. The fraction of sp³-hybridized carbons (Fsp3) is 0.519. The lowest BCUT2D eigenvalue weighted by Crippen LogP contribution is -2.48. The molecule has 14 nitrogen and oxygen atoms in total. The van der Waals surface area contributed by atoms with Crippen LogP contribution in [0.1, 0.15) is 111 Å². The summed E-state index contributed by atoms with van der Waals surface area (Å²) in [5.41, 5.74) is 3.15. The van der Waals surface area contributed by atoms with Gasteiger partial charge in [-0.3, -0.25) is 9.80 Å². The van der Waals surface area contributed by atoms with Crippen molar-refractivity contribution in [1.29, 1.82) is 0 Å². The smallest absolute Gasteiger partial charge is 0.436 e. The maximum atomic E-state index is 13.5. The number of nitrogens with one attached hydrogen (secondary N) is 1. The zero-order valence-electron chi connectivity index (χ0n) is 41.1. The number of sulfonamides is 2. The summed E-state index contributed by atoms with van der Waals surface area (Å²) in [5.74, 6) is -3.33. The zero-order valence-corrected chi connectivity index (χ0v) is 44.3. The minimum atomic E-state index is -4.14. The van der Waals surface area contributed by atoms with E-state index in [1.54, 1.807) is 0 Å². The van der Waals surface area contributed by atoms with Gasteiger partial charge >= 0.3 is 11.9 Å². The lowest BCUT2D eigenvalue weighted by Gasteiger charge is -2.40. The normalized spacial score (nSPS) is 18.9. The topological polar surface area (TPSA) is 149 Å². The molecule has 4 fully saturated rings. The van der Waals surface area contributed by atoms with Crippen molar-refractivity contribution in [2.75, 3.05) is 71.2 Å². The Hall–Kier alpha value is -3.94. The van der Waals surface area contributed by atoms with Gasteiger partial charge in [0.2, 0.25) is 25.5 Å². The second-order valence-electron chi connectivity index (χ2n) is 19.7. The Kier molecular flexibility index (Phi) is 19.6. The summed E-state index contributed by atoms with van der Waals surface area (Å²) in [4.78, 5) is 41.4. The van der Waals surface area contributed by atoms with E-state index in [1.807, 2.05) is 48.5 Å². The third-order valence-electron chi connectivity index (χ3n) is 14.1. The van der Waals surface area contributed by atoms with E-state index in [-0.39, 0.29) is 30.3 Å². The fourth-order valence-electron chi connectivity index (χ4n) is 9.95. The first kappa shape index (κ1) is 54.3. The number of carbonyl (C=O) groups is 2. The monoisotopic (exact) mass is 1060 g/mol. The van der Waals surface area contributed by atoms with E-state index >= 15 is 0 Å². The molecule has 2 aliphatic heterocycles. The lowest BCUT2D eigenvalue weighted by atomic mass is 9.96. The number of hydrogen-bond acceptors (Lipinski definition) is 12. The summed E-state index contributed by atoms with van der Waals surface area (Å²) in [6.45, 7) is 8.90. The summed E-state index contributed by atoms with van der Waals surface area (Å²) in [7, 11) is -8.21. The first-order valence-electron chi connectivity index (χ1n) is 25.8. The van der Waals surface area contributed by atoms with Crippen molar-refractivity contribution in [1.82, 2.24) is 28.8 Å². The van der Waals surface area contributed by atoms with Crippen LogP contribution in [0.3, 0.4) is 0 Å². The summed E-state index contributed by atoms with van der Waals surface area (Å²) >= 11 is 12.8. The van der Waals surface area contributed by atoms with Gasteiger partial charge in [-0.2, -0.15) is 0 Å². The van der Waals surface area contributed by atoms with Crippen LogP contribution in [0, 0.1) is 0 Å². The van der Waals surface area contributed by atoms with Crippen LogP contribution in [0.15, 0.2) is 109 Å². The van der Waals surface area contributed by atoms with Crippen molar-refractivity contribution in [3.63, 3.8) is 0 Å². The molecule has 3 atom stereocenters. The highest BCUT2D eigenvalue weighted by Crippen LogP contribution is 2.34. The molecule has 8 rings (SSSR count). The van der Waals surface area contributed by atoms with Gasteiger partial charge in [0.05, 0.1) is 23.9 Å². The third-order valence-corrected chi connectivity index (χ3v) is 18.0. The van der Waals surface area contributed by atoms with E-state index in [1.165, 1.54) is 16.7 Å². The first-order valence-corrected chi connectivity index (χ1v) is 29.7. The van der Waals surface area contributed by atoms with Gasteiger partial charge in [0.1, 0.15) is 0 Å². The Bertz CT molecular complexity index is 2600. The van der Waals surface area contributed by atoms with Crippen molar-refractivity contribution in [3.8, 4) is 0 Å². The van der Waals surface area contributed by atoms with Crippen LogP contribution in [0.4, 0.5) is 0 Å². The molecule has 0 aromatic heterocycles. The predicted molar refractivity (Wildman–Crippen MR) is 282 cm³/mol. The number of rotatable bonds is 26. The number of piperazine rings is 2. The Morgan fingerprint density at radius 1 is 0.569 bits per heavy atom. The summed E-state index contributed by atoms with van der Waals surface area (Å²) in [5, 5.41) is 1.43. The average molecular weight is 1070 g/mol. The Morgan fingerprint density at radius 2 is 1.04 bits per heavy atom. The molecule has 1 N–H and O–H groups in total. The van der Waals surface area contributed by atoms with Crippen LogP contribution in [0.5, 0.6) is 0 Å². The number of esters is 1. The molecule has 2 heterocycles. The van der Waals surface area contributed by atoms with Crippen molar-refractivity contribution in [2.45, 2.75) is 107 Å². The third kappa shape index (κ3) is 15.8. The number of nitrogens with zero attached hydrogens (tertiary/aromatic N) is 5. The highest BCUT2D eigenvalue weighted by Gasteiger charge is 2.43. The molecule has 0 spiro atoms. The number of ether oxygens (including phenoxy) is 1. The molecule has 72 heavy (non-hydrogen) atoms. The van der Waals surface area contributed by atoms with Gasteiger partial charge in [0, 0.05) is 74.9 Å². The second-order valence-corrected chi connectivity index (χ2v) is 24.4. The number of unbranched alkanes of at least 4 members (excludes halogenated alkanes) is 5.